The van der Waals surface area contributed by atoms with Gasteiger partial charge in [-0.2, -0.15) is 0 Å². The van der Waals surface area contributed by atoms with Gasteiger partial charge in [-0.25, -0.2) is 0 Å². The van der Waals surface area contributed by atoms with Gasteiger partial charge in [0.1, 0.15) is 0 Å². The molecule has 5 nitrogen and oxygen atoms in total. The number of aliphatic hydroxyl groups excluding tert-OH is 1. The zero-order valence-electron chi connectivity index (χ0n) is 16.4. The Morgan fingerprint density at radius 1 is 1.07 bits per heavy atom. The third-order valence-corrected chi connectivity index (χ3v) is 4.59. The van der Waals surface area contributed by atoms with E-state index in [1.807, 2.05) is 32.0 Å². The molecule has 1 atom stereocenters. The molecule has 0 bridgehead atoms. The molecule has 1 aliphatic rings. The minimum atomic E-state index is -0.537. The maximum atomic E-state index is 10.4. The molecule has 3 rings (SSSR count). The average Bonchev–Trinajstić information content (AvgIpc) is 3.09. The van der Waals surface area contributed by atoms with Gasteiger partial charge >= 0.3 is 0 Å². The molecule has 0 fully saturated rings. The van der Waals surface area contributed by atoms with E-state index < -0.39 is 6.10 Å². The second-order valence-corrected chi connectivity index (χ2v) is 7.32. The van der Waals surface area contributed by atoms with Crippen LogP contribution in [0.4, 0.5) is 0 Å². The zero-order chi connectivity index (χ0) is 19.2. The van der Waals surface area contributed by atoms with Crippen LogP contribution in [-0.2, 0) is 17.8 Å². The SMILES string of the molecule is Cc1ccccc1CN(Cc1ccc2c(c1)OCO2)CC(O)COC(C)C. The molecule has 0 amide bonds. The third-order valence-electron chi connectivity index (χ3n) is 4.59. The fourth-order valence-corrected chi connectivity index (χ4v) is 3.17. The predicted octanol–water partition coefficient (Wildman–Crippen LogP) is 3.51. The van der Waals surface area contributed by atoms with Crippen molar-refractivity contribution in [2.24, 2.45) is 0 Å². The maximum absolute atomic E-state index is 10.4. The number of rotatable bonds is 9. The number of aliphatic hydroxyl groups is 1. The van der Waals surface area contributed by atoms with Gasteiger partial charge < -0.3 is 19.3 Å². The molecule has 0 saturated carbocycles. The number of ether oxygens (including phenoxy) is 3. The Bertz CT molecular complexity index is 747. The highest BCUT2D eigenvalue weighted by molar-refractivity contribution is 5.44. The number of benzene rings is 2. The zero-order valence-corrected chi connectivity index (χ0v) is 16.4. The highest BCUT2D eigenvalue weighted by Gasteiger charge is 2.17. The van der Waals surface area contributed by atoms with Crippen molar-refractivity contribution in [1.29, 1.82) is 0 Å². The summed E-state index contributed by atoms with van der Waals surface area (Å²) in [5.41, 5.74) is 3.64. The molecular weight excluding hydrogens is 342 g/mol. The fourth-order valence-electron chi connectivity index (χ4n) is 3.17. The summed E-state index contributed by atoms with van der Waals surface area (Å²) in [7, 11) is 0. The van der Waals surface area contributed by atoms with Gasteiger partial charge in [-0.05, 0) is 49.6 Å². The molecular formula is C22H29NO4. The molecule has 146 valence electrons. The first-order valence-corrected chi connectivity index (χ1v) is 9.46. The van der Waals surface area contributed by atoms with Gasteiger partial charge in [0.2, 0.25) is 6.79 Å². The molecule has 2 aromatic carbocycles. The average molecular weight is 371 g/mol. The van der Waals surface area contributed by atoms with Gasteiger partial charge in [-0.1, -0.05) is 30.3 Å². The number of nitrogens with zero attached hydrogens (tertiary/aromatic N) is 1. The Morgan fingerprint density at radius 2 is 1.85 bits per heavy atom. The lowest BCUT2D eigenvalue weighted by atomic mass is 10.1. The van der Waals surface area contributed by atoms with Crippen LogP contribution in [0.15, 0.2) is 42.5 Å². The van der Waals surface area contributed by atoms with Crippen molar-refractivity contribution in [1.82, 2.24) is 4.90 Å². The van der Waals surface area contributed by atoms with Crippen LogP contribution >= 0.6 is 0 Å². The van der Waals surface area contributed by atoms with Crippen LogP contribution in [0.5, 0.6) is 11.5 Å². The number of hydrogen-bond acceptors (Lipinski definition) is 5. The van der Waals surface area contributed by atoms with Crippen LogP contribution < -0.4 is 9.47 Å². The normalized spacial score (nSPS) is 14.1. The highest BCUT2D eigenvalue weighted by Crippen LogP contribution is 2.33. The van der Waals surface area contributed by atoms with Crippen LogP contribution in [-0.4, -0.2) is 42.2 Å². The number of hydrogen-bond donors (Lipinski definition) is 1. The van der Waals surface area contributed by atoms with Crippen molar-refractivity contribution in [2.75, 3.05) is 19.9 Å². The lowest BCUT2D eigenvalue weighted by Gasteiger charge is -2.26. The van der Waals surface area contributed by atoms with Crippen molar-refractivity contribution < 1.29 is 19.3 Å². The van der Waals surface area contributed by atoms with E-state index in [1.54, 1.807) is 0 Å². The van der Waals surface area contributed by atoms with E-state index in [0.717, 1.165) is 23.6 Å². The van der Waals surface area contributed by atoms with Crippen LogP contribution in [0.25, 0.3) is 0 Å². The maximum Gasteiger partial charge on any atom is 0.231 e. The Labute approximate surface area is 161 Å². The molecule has 0 spiro atoms. The van der Waals surface area contributed by atoms with Gasteiger partial charge in [0.25, 0.3) is 0 Å². The van der Waals surface area contributed by atoms with E-state index in [1.165, 1.54) is 11.1 Å². The van der Waals surface area contributed by atoms with E-state index >= 15 is 0 Å². The topological polar surface area (TPSA) is 51.2 Å². The fraction of sp³-hybridized carbons (Fsp3) is 0.455. The lowest BCUT2D eigenvalue weighted by molar-refractivity contribution is -0.0107. The molecule has 27 heavy (non-hydrogen) atoms. The predicted molar refractivity (Wildman–Crippen MR) is 105 cm³/mol. The Hall–Kier alpha value is -2.08. The van der Waals surface area contributed by atoms with Gasteiger partial charge in [0.05, 0.1) is 18.8 Å². The van der Waals surface area contributed by atoms with E-state index in [-0.39, 0.29) is 12.9 Å². The number of fused-ring (bicyclic) bond motifs is 1. The minimum Gasteiger partial charge on any atom is -0.454 e. The second kappa shape index (κ2) is 9.22. The molecule has 1 unspecified atom stereocenters. The van der Waals surface area contributed by atoms with Gasteiger partial charge in [-0.15, -0.1) is 0 Å². The first-order valence-electron chi connectivity index (χ1n) is 9.46. The summed E-state index contributed by atoms with van der Waals surface area (Å²) in [6.07, 6.45) is -0.427. The van der Waals surface area contributed by atoms with Crippen molar-refractivity contribution in [2.45, 2.75) is 46.1 Å². The molecule has 0 radical (unpaired) electrons. The molecule has 5 heteroatoms. The van der Waals surface area contributed by atoms with E-state index in [0.29, 0.717) is 19.7 Å². The standard InChI is InChI=1S/C22H29NO4/c1-16(2)25-14-20(24)13-23(12-19-7-5-4-6-17(19)3)11-18-8-9-21-22(10-18)27-15-26-21/h4-10,16,20,24H,11-15H2,1-3H3. The summed E-state index contributed by atoms with van der Waals surface area (Å²) in [5.74, 6) is 1.57. The van der Waals surface area contributed by atoms with Crippen molar-refractivity contribution in [3.05, 3.63) is 59.2 Å². The van der Waals surface area contributed by atoms with Crippen molar-refractivity contribution >= 4 is 0 Å². The molecule has 0 aromatic heterocycles. The van der Waals surface area contributed by atoms with Crippen LogP contribution in [0.2, 0.25) is 0 Å². The lowest BCUT2D eigenvalue weighted by Crippen LogP contribution is -2.35. The summed E-state index contributed by atoms with van der Waals surface area (Å²) >= 11 is 0. The van der Waals surface area contributed by atoms with E-state index in [9.17, 15) is 5.11 Å². The molecule has 0 aliphatic carbocycles. The second-order valence-electron chi connectivity index (χ2n) is 7.32. The molecule has 2 aromatic rings. The Kier molecular flexibility index (Phi) is 6.72. The highest BCUT2D eigenvalue weighted by atomic mass is 16.7. The summed E-state index contributed by atoms with van der Waals surface area (Å²) in [6.45, 7) is 8.69. The van der Waals surface area contributed by atoms with Crippen LogP contribution in [0.3, 0.4) is 0 Å². The summed E-state index contributed by atoms with van der Waals surface area (Å²) in [4.78, 5) is 2.24. The quantitative estimate of drug-likeness (QED) is 0.731. The molecule has 0 saturated heterocycles. The number of aryl methyl sites for hydroxylation is 1. The Morgan fingerprint density at radius 3 is 2.63 bits per heavy atom. The van der Waals surface area contributed by atoms with E-state index in [4.69, 9.17) is 14.2 Å². The smallest absolute Gasteiger partial charge is 0.231 e. The summed E-state index contributed by atoms with van der Waals surface area (Å²) in [5, 5.41) is 10.4. The van der Waals surface area contributed by atoms with Crippen molar-refractivity contribution in [3.63, 3.8) is 0 Å². The minimum absolute atomic E-state index is 0.110. The van der Waals surface area contributed by atoms with Gasteiger partial charge in [0, 0.05) is 19.6 Å². The molecule has 1 N–H and O–H groups in total. The van der Waals surface area contributed by atoms with Gasteiger partial charge in [0.15, 0.2) is 11.5 Å². The summed E-state index contributed by atoms with van der Waals surface area (Å²) in [6, 6.07) is 14.4. The van der Waals surface area contributed by atoms with Crippen LogP contribution in [0, 0.1) is 6.92 Å². The largest absolute Gasteiger partial charge is 0.454 e. The first kappa shape index (κ1) is 19.7. The molecule has 1 heterocycles. The summed E-state index contributed by atoms with van der Waals surface area (Å²) < 4.78 is 16.5. The Balaban J connectivity index is 1.71. The molecule has 1 aliphatic heterocycles. The van der Waals surface area contributed by atoms with Gasteiger partial charge in [-0.3, -0.25) is 4.90 Å². The van der Waals surface area contributed by atoms with Crippen molar-refractivity contribution in [3.8, 4) is 11.5 Å². The van der Waals surface area contributed by atoms with Crippen LogP contribution in [0.1, 0.15) is 30.5 Å². The third kappa shape index (κ3) is 5.70. The van der Waals surface area contributed by atoms with E-state index in [2.05, 4.69) is 36.1 Å². The first-order chi connectivity index (χ1) is 13.0. The monoisotopic (exact) mass is 371 g/mol.